The number of nitrogens with zero attached hydrogens (tertiary/aromatic N) is 4. The van der Waals surface area contributed by atoms with Gasteiger partial charge >= 0.3 is 0 Å². The third-order valence-corrected chi connectivity index (χ3v) is 4.87. The van der Waals surface area contributed by atoms with Gasteiger partial charge in [0.1, 0.15) is 11.3 Å². The molecule has 2 aromatic heterocycles. The molecule has 24 heavy (non-hydrogen) atoms. The van der Waals surface area contributed by atoms with Gasteiger partial charge in [-0.2, -0.15) is 4.68 Å². The second-order valence-corrected chi connectivity index (χ2v) is 6.51. The first-order valence-electron chi connectivity index (χ1n) is 7.23. The van der Waals surface area contributed by atoms with E-state index in [0.29, 0.717) is 21.8 Å². The van der Waals surface area contributed by atoms with Crippen molar-refractivity contribution >= 4 is 28.7 Å². The molecule has 0 saturated carbocycles. The van der Waals surface area contributed by atoms with Crippen LogP contribution in [0.5, 0.6) is 0 Å². The van der Waals surface area contributed by atoms with E-state index in [0.717, 1.165) is 10.4 Å². The smallest absolute Gasteiger partial charge is 0.259 e. The normalized spacial score (nSPS) is 10.6. The van der Waals surface area contributed by atoms with Gasteiger partial charge < -0.3 is 5.32 Å². The topological polar surface area (TPSA) is 89.8 Å². The number of hydrogen-bond donors (Lipinski definition) is 1. The number of nitrogens with one attached hydrogen (secondary N) is 1. The molecule has 1 N–H and O–H groups in total. The largest absolute Gasteiger partial charge is 0.322 e. The molecule has 0 fully saturated rings. The van der Waals surface area contributed by atoms with E-state index in [4.69, 9.17) is 0 Å². The van der Waals surface area contributed by atoms with Crippen LogP contribution in [0.4, 0.5) is 5.69 Å². The van der Waals surface area contributed by atoms with Gasteiger partial charge in [-0.3, -0.25) is 9.59 Å². The van der Waals surface area contributed by atoms with Crippen molar-refractivity contribution in [1.82, 2.24) is 20.2 Å². The van der Waals surface area contributed by atoms with Crippen molar-refractivity contribution in [2.24, 2.45) is 0 Å². The van der Waals surface area contributed by atoms with E-state index in [2.05, 4.69) is 20.8 Å². The Morgan fingerprint density at radius 2 is 2.04 bits per heavy atom. The van der Waals surface area contributed by atoms with Gasteiger partial charge in [-0.15, -0.1) is 16.4 Å². The fraction of sp³-hybridized carbons (Fsp3) is 0.188. The molecule has 2 heterocycles. The van der Waals surface area contributed by atoms with Crippen LogP contribution in [0.25, 0.3) is 5.00 Å². The predicted molar refractivity (Wildman–Crippen MR) is 90.9 cm³/mol. The van der Waals surface area contributed by atoms with Crippen LogP contribution in [-0.2, 0) is 0 Å². The third-order valence-electron chi connectivity index (χ3n) is 3.68. The lowest BCUT2D eigenvalue weighted by Gasteiger charge is -2.08. The van der Waals surface area contributed by atoms with E-state index in [1.165, 1.54) is 29.3 Å². The van der Waals surface area contributed by atoms with Gasteiger partial charge in [0, 0.05) is 16.1 Å². The van der Waals surface area contributed by atoms with Crippen LogP contribution in [0.1, 0.15) is 38.1 Å². The molecule has 0 saturated heterocycles. The summed E-state index contributed by atoms with van der Waals surface area (Å²) in [6.45, 7) is 5.32. The van der Waals surface area contributed by atoms with E-state index < -0.39 is 0 Å². The molecule has 0 bridgehead atoms. The Kier molecular flexibility index (Phi) is 4.22. The molecular formula is C16H15N5O2S. The van der Waals surface area contributed by atoms with E-state index in [9.17, 15) is 9.59 Å². The number of anilines is 1. The van der Waals surface area contributed by atoms with Crippen LogP contribution in [0.2, 0.25) is 0 Å². The zero-order valence-electron chi connectivity index (χ0n) is 13.4. The van der Waals surface area contributed by atoms with Crippen molar-refractivity contribution in [3.8, 4) is 5.00 Å². The van der Waals surface area contributed by atoms with E-state index >= 15 is 0 Å². The fourth-order valence-electron chi connectivity index (χ4n) is 2.30. The Balaban J connectivity index is 1.96. The first-order chi connectivity index (χ1) is 11.5. The van der Waals surface area contributed by atoms with Crippen molar-refractivity contribution < 1.29 is 9.59 Å². The lowest BCUT2D eigenvalue weighted by molar-refractivity contribution is 0.101. The van der Waals surface area contributed by atoms with Crippen LogP contribution in [0.15, 0.2) is 30.6 Å². The van der Waals surface area contributed by atoms with Crippen LogP contribution in [-0.4, -0.2) is 31.9 Å². The first-order valence-corrected chi connectivity index (χ1v) is 8.04. The molecule has 0 aliphatic carbocycles. The van der Waals surface area contributed by atoms with Crippen molar-refractivity contribution in [3.63, 3.8) is 0 Å². The van der Waals surface area contributed by atoms with Gasteiger partial charge in [-0.05, 0) is 48.9 Å². The molecule has 0 atom stereocenters. The van der Waals surface area contributed by atoms with Gasteiger partial charge in [0.05, 0.1) is 5.56 Å². The SMILES string of the molecule is CC(=O)c1cccc(NC(=O)c2c(-n3cnnn3)sc(C)c2C)c1. The maximum atomic E-state index is 12.8. The molecule has 3 rings (SSSR count). The summed E-state index contributed by atoms with van der Waals surface area (Å²) in [7, 11) is 0. The average molecular weight is 341 g/mol. The lowest BCUT2D eigenvalue weighted by Crippen LogP contribution is -2.15. The van der Waals surface area contributed by atoms with Crippen LogP contribution < -0.4 is 5.32 Å². The minimum atomic E-state index is -0.261. The highest BCUT2D eigenvalue weighted by Crippen LogP contribution is 2.30. The number of amides is 1. The highest BCUT2D eigenvalue weighted by Gasteiger charge is 2.21. The van der Waals surface area contributed by atoms with Crippen molar-refractivity contribution in [3.05, 3.63) is 52.2 Å². The molecule has 0 unspecified atom stereocenters. The summed E-state index contributed by atoms with van der Waals surface area (Å²) in [5.41, 5.74) is 2.52. The van der Waals surface area contributed by atoms with Gasteiger partial charge in [-0.1, -0.05) is 12.1 Å². The summed E-state index contributed by atoms with van der Waals surface area (Å²) in [5.74, 6) is -0.314. The maximum absolute atomic E-state index is 12.8. The molecular weight excluding hydrogens is 326 g/mol. The number of aromatic nitrogens is 4. The quantitative estimate of drug-likeness (QED) is 0.737. The minimum Gasteiger partial charge on any atom is -0.322 e. The molecule has 0 spiro atoms. The molecule has 1 amide bonds. The number of carbonyl (C=O) groups excluding carboxylic acids is 2. The molecule has 122 valence electrons. The molecule has 0 aliphatic heterocycles. The summed E-state index contributed by atoms with van der Waals surface area (Å²) in [6, 6.07) is 6.85. The van der Waals surface area contributed by atoms with E-state index in [-0.39, 0.29) is 11.7 Å². The fourth-order valence-corrected chi connectivity index (χ4v) is 3.37. The number of thiophene rings is 1. The number of aryl methyl sites for hydroxylation is 1. The Labute approximate surface area is 142 Å². The first kappa shape index (κ1) is 16.0. The molecule has 7 nitrogen and oxygen atoms in total. The number of hydrogen-bond acceptors (Lipinski definition) is 6. The van der Waals surface area contributed by atoms with Gasteiger partial charge in [-0.25, -0.2) is 0 Å². The molecule has 1 aromatic carbocycles. The minimum absolute atomic E-state index is 0.0527. The number of carbonyl (C=O) groups is 2. The number of ketones is 1. The predicted octanol–water partition coefficient (Wildman–Crippen LogP) is 2.80. The van der Waals surface area contributed by atoms with E-state index in [1.807, 2.05) is 13.8 Å². The molecule has 3 aromatic rings. The summed E-state index contributed by atoms with van der Waals surface area (Å²) in [4.78, 5) is 25.3. The highest BCUT2D eigenvalue weighted by atomic mass is 32.1. The third kappa shape index (κ3) is 2.95. The summed E-state index contributed by atoms with van der Waals surface area (Å²) in [5, 5.41) is 14.6. The van der Waals surface area contributed by atoms with Crippen LogP contribution in [0.3, 0.4) is 0 Å². The zero-order chi connectivity index (χ0) is 17.3. The van der Waals surface area contributed by atoms with Crippen molar-refractivity contribution in [2.45, 2.75) is 20.8 Å². The lowest BCUT2D eigenvalue weighted by atomic mass is 10.1. The standard InChI is InChI=1S/C16H15N5O2S/c1-9-11(3)24-16(21-8-17-19-20-21)14(9)15(23)18-13-6-4-5-12(7-13)10(2)22/h4-8H,1-3H3,(H,18,23). The second-order valence-electron chi connectivity index (χ2n) is 5.31. The van der Waals surface area contributed by atoms with Gasteiger partial charge in [0.15, 0.2) is 5.78 Å². The summed E-state index contributed by atoms with van der Waals surface area (Å²) >= 11 is 1.45. The Bertz CT molecular complexity index is 915. The monoisotopic (exact) mass is 341 g/mol. The number of benzene rings is 1. The Hall–Kier alpha value is -2.87. The van der Waals surface area contributed by atoms with Crippen molar-refractivity contribution in [1.29, 1.82) is 0 Å². The number of Topliss-reactive ketones (excluding diaryl/α,β-unsaturated/α-hetero) is 1. The number of rotatable bonds is 4. The average Bonchev–Trinajstić information content (AvgIpc) is 3.16. The molecule has 0 radical (unpaired) electrons. The molecule has 8 heteroatoms. The van der Waals surface area contributed by atoms with Crippen LogP contribution >= 0.6 is 11.3 Å². The molecule has 0 aliphatic rings. The zero-order valence-corrected chi connectivity index (χ0v) is 14.2. The number of tetrazole rings is 1. The van der Waals surface area contributed by atoms with Gasteiger partial charge in [0.25, 0.3) is 5.91 Å². The van der Waals surface area contributed by atoms with Gasteiger partial charge in [0.2, 0.25) is 0 Å². The van der Waals surface area contributed by atoms with Crippen molar-refractivity contribution in [2.75, 3.05) is 5.32 Å². The summed E-state index contributed by atoms with van der Waals surface area (Å²) in [6.07, 6.45) is 1.46. The maximum Gasteiger partial charge on any atom is 0.259 e. The second kappa shape index (κ2) is 6.32. The highest BCUT2D eigenvalue weighted by molar-refractivity contribution is 7.15. The summed E-state index contributed by atoms with van der Waals surface area (Å²) < 4.78 is 1.48. The Morgan fingerprint density at radius 1 is 1.25 bits per heavy atom. The van der Waals surface area contributed by atoms with E-state index in [1.54, 1.807) is 24.3 Å². The Morgan fingerprint density at radius 3 is 2.71 bits per heavy atom. The van der Waals surface area contributed by atoms with Crippen LogP contribution in [0, 0.1) is 13.8 Å².